The lowest BCUT2D eigenvalue weighted by atomic mass is 9.94. The third-order valence-electron chi connectivity index (χ3n) is 5.12. The summed E-state index contributed by atoms with van der Waals surface area (Å²) in [6.45, 7) is 1.35. The van der Waals surface area contributed by atoms with Crippen LogP contribution >= 0.6 is 0 Å². The maximum atomic E-state index is 13.2. The second-order valence-corrected chi connectivity index (χ2v) is 7.54. The molecule has 2 aromatic carbocycles. The van der Waals surface area contributed by atoms with Gasteiger partial charge in [0.05, 0.1) is 11.8 Å². The Hall–Kier alpha value is -3.77. The number of carbonyl (C=O) groups excluding carboxylic acids is 2. The van der Waals surface area contributed by atoms with Gasteiger partial charge in [0.15, 0.2) is 11.5 Å². The zero-order valence-electron chi connectivity index (χ0n) is 17.3. The number of hydrogen-bond donors (Lipinski definition) is 1. The SMILES string of the molecule is CC1Cc2cc3c(cc2C(c2ccc(NC(=O)C(F)(F)F)cc2)=NN1C(=O)C(F)(F)F)OCO3. The van der Waals surface area contributed by atoms with E-state index in [4.69, 9.17) is 9.47 Å². The molecule has 2 heterocycles. The Kier molecular flexibility index (Phi) is 5.66. The predicted molar refractivity (Wildman–Crippen MR) is 105 cm³/mol. The lowest BCUT2D eigenvalue weighted by Gasteiger charge is -2.24. The molecule has 0 spiro atoms. The van der Waals surface area contributed by atoms with E-state index in [2.05, 4.69) is 5.10 Å². The lowest BCUT2D eigenvalue weighted by Crippen LogP contribution is -2.43. The number of alkyl halides is 6. The standard InChI is InChI=1S/C21H15F6N3O4/c1-10-6-12-7-15-16(34-9-33-15)8-14(12)17(29-30(10)19(32)21(25,26)27)11-2-4-13(5-3-11)28-18(31)20(22,23)24/h2-5,7-8,10H,6,9H2,1H3,(H,28,31). The summed E-state index contributed by atoms with van der Waals surface area (Å²) in [6.07, 6.45) is -10.3. The molecule has 0 fully saturated rings. The number of rotatable bonds is 2. The Morgan fingerprint density at radius 3 is 2.21 bits per heavy atom. The topological polar surface area (TPSA) is 80.2 Å². The maximum absolute atomic E-state index is 13.2. The van der Waals surface area contributed by atoms with Gasteiger partial charge in [-0.15, -0.1) is 0 Å². The van der Waals surface area contributed by atoms with Crippen LogP contribution in [0.4, 0.5) is 32.0 Å². The highest BCUT2D eigenvalue weighted by Gasteiger charge is 2.45. The van der Waals surface area contributed by atoms with E-state index in [-0.39, 0.29) is 30.2 Å². The second kappa shape index (κ2) is 8.22. The van der Waals surface area contributed by atoms with Crippen molar-refractivity contribution in [2.45, 2.75) is 31.7 Å². The van der Waals surface area contributed by atoms with E-state index in [9.17, 15) is 35.9 Å². The Labute approximate surface area is 187 Å². The minimum Gasteiger partial charge on any atom is -0.454 e. The van der Waals surface area contributed by atoms with Crippen LogP contribution in [0.5, 0.6) is 11.5 Å². The van der Waals surface area contributed by atoms with Gasteiger partial charge in [0.2, 0.25) is 6.79 Å². The summed E-state index contributed by atoms with van der Waals surface area (Å²) in [7, 11) is 0. The number of halogens is 6. The van der Waals surface area contributed by atoms with Crippen LogP contribution < -0.4 is 14.8 Å². The van der Waals surface area contributed by atoms with Gasteiger partial charge in [-0.25, -0.2) is 5.01 Å². The second-order valence-electron chi connectivity index (χ2n) is 7.54. The summed E-state index contributed by atoms with van der Waals surface area (Å²) < 4.78 is 87.8. The van der Waals surface area contributed by atoms with Crippen LogP contribution in [0.25, 0.3) is 0 Å². The summed E-state index contributed by atoms with van der Waals surface area (Å²) in [4.78, 5) is 23.2. The first kappa shape index (κ1) is 23.4. The van der Waals surface area contributed by atoms with Crippen molar-refractivity contribution >= 4 is 23.2 Å². The number of nitrogens with one attached hydrogen (secondary N) is 1. The first-order valence-corrected chi connectivity index (χ1v) is 9.75. The summed E-state index contributed by atoms with van der Waals surface area (Å²) in [5, 5.41) is 6.02. The number of amides is 2. The molecule has 1 atom stereocenters. The Bertz CT molecular complexity index is 1170. The molecular formula is C21H15F6N3O4. The highest BCUT2D eigenvalue weighted by atomic mass is 19.4. The molecule has 1 unspecified atom stereocenters. The van der Waals surface area contributed by atoms with E-state index in [1.54, 1.807) is 11.4 Å². The third kappa shape index (κ3) is 4.50. The highest BCUT2D eigenvalue weighted by molar-refractivity contribution is 6.15. The van der Waals surface area contributed by atoms with Crippen LogP contribution in [0.2, 0.25) is 0 Å². The van der Waals surface area contributed by atoms with Crippen LogP contribution in [-0.4, -0.2) is 47.7 Å². The number of fused-ring (bicyclic) bond motifs is 2. The molecule has 0 aromatic heterocycles. The van der Waals surface area contributed by atoms with Gasteiger partial charge in [-0.05, 0) is 43.2 Å². The van der Waals surface area contributed by atoms with Crippen molar-refractivity contribution in [3.05, 3.63) is 53.1 Å². The number of benzene rings is 2. The van der Waals surface area contributed by atoms with Crippen molar-refractivity contribution < 1.29 is 45.4 Å². The average Bonchev–Trinajstić information content (AvgIpc) is 3.15. The molecule has 0 saturated heterocycles. The van der Waals surface area contributed by atoms with E-state index < -0.39 is 30.2 Å². The summed E-state index contributed by atoms with van der Waals surface area (Å²) in [5.74, 6) is -3.64. The minimum absolute atomic E-state index is 0.0144. The maximum Gasteiger partial charge on any atom is 0.473 e. The first-order chi connectivity index (χ1) is 15.8. The van der Waals surface area contributed by atoms with Crippen molar-refractivity contribution in [1.29, 1.82) is 0 Å². The molecule has 0 radical (unpaired) electrons. The van der Waals surface area contributed by atoms with Gasteiger partial charge in [0, 0.05) is 16.8 Å². The molecule has 180 valence electrons. The van der Waals surface area contributed by atoms with Gasteiger partial charge in [-0.3, -0.25) is 9.59 Å². The number of hydrogen-bond acceptors (Lipinski definition) is 5. The van der Waals surface area contributed by atoms with Gasteiger partial charge in [-0.1, -0.05) is 12.1 Å². The molecule has 0 bridgehead atoms. The number of carbonyl (C=O) groups is 2. The number of nitrogens with zero attached hydrogens (tertiary/aromatic N) is 2. The molecule has 2 aliphatic heterocycles. The van der Waals surface area contributed by atoms with Gasteiger partial charge < -0.3 is 14.8 Å². The number of hydrazone groups is 1. The van der Waals surface area contributed by atoms with E-state index in [0.717, 1.165) is 12.1 Å². The monoisotopic (exact) mass is 487 g/mol. The van der Waals surface area contributed by atoms with E-state index in [0.29, 0.717) is 27.6 Å². The molecule has 2 aliphatic rings. The zero-order chi connectivity index (χ0) is 24.8. The molecule has 7 nitrogen and oxygen atoms in total. The van der Waals surface area contributed by atoms with Crippen molar-refractivity contribution in [1.82, 2.24) is 5.01 Å². The fourth-order valence-electron chi connectivity index (χ4n) is 3.54. The first-order valence-electron chi connectivity index (χ1n) is 9.75. The predicted octanol–water partition coefficient (Wildman–Crippen LogP) is 4.00. The van der Waals surface area contributed by atoms with Gasteiger partial charge in [0.1, 0.15) is 0 Å². The summed E-state index contributed by atoms with van der Waals surface area (Å²) in [6, 6.07) is 6.94. The Morgan fingerprint density at radius 1 is 1.00 bits per heavy atom. The number of anilines is 1. The van der Waals surface area contributed by atoms with Crippen molar-refractivity contribution in [3.8, 4) is 11.5 Å². The van der Waals surface area contributed by atoms with E-state index in [1.165, 1.54) is 25.1 Å². The molecule has 4 rings (SSSR count). The Morgan fingerprint density at radius 2 is 1.62 bits per heavy atom. The fourth-order valence-corrected chi connectivity index (χ4v) is 3.54. The van der Waals surface area contributed by atoms with Crippen LogP contribution in [0.15, 0.2) is 41.5 Å². The van der Waals surface area contributed by atoms with Gasteiger partial charge in [-0.2, -0.15) is 31.4 Å². The molecule has 34 heavy (non-hydrogen) atoms. The smallest absolute Gasteiger partial charge is 0.454 e. The quantitative estimate of drug-likeness (QED) is 0.650. The van der Waals surface area contributed by atoms with E-state index >= 15 is 0 Å². The van der Waals surface area contributed by atoms with Crippen LogP contribution in [0.3, 0.4) is 0 Å². The molecule has 2 amide bonds. The van der Waals surface area contributed by atoms with Gasteiger partial charge in [0.25, 0.3) is 0 Å². The zero-order valence-corrected chi connectivity index (χ0v) is 17.3. The number of ether oxygens (including phenoxy) is 2. The molecule has 0 aliphatic carbocycles. The average molecular weight is 487 g/mol. The highest BCUT2D eigenvalue weighted by Crippen LogP contribution is 2.38. The molecular weight excluding hydrogens is 472 g/mol. The summed E-state index contributed by atoms with van der Waals surface area (Å²) in [5.41, 5.74) is 0.856. The molecule has 13 heteroatoms. The summed E-state index contributed by atoms with van der Waals surface area (Å²) >= 11 is 0. The normalized spacial score (nSPS) is 17.6. The van der Waals surface area contributed by atoms with Crippen LogP contribution in [-0.2, 0) is 16.0 Å². The van der Waals surface area contributed by atoms with Crippen molar-refractivity contribution in [2.24, 2.45) is 5.10 Å². The molecule has 1 N–H and O–H groups in total. The largest absolute Gasteiger partial charge is 0.473 e. The lowest BCUT2D eigenvalue weighted by molar-refractivity contribution is -0.187. The Balaban J connectivity index is 1.79. The van der Waals surface area contributed by atoms with Crippen LogP contribution in [0.1, 0.15) is 23.6 Å². The molecule has 2 aromatic rings. The van der Waals surface area contributed by atoms with Crippen LogP contribution in [0, 0.1) is 0 Å². The molecule has 0 saturated carbocycles. The third-order valence-corrected chi connectivity index (χ3v) is 5.12. The minimum atomic E-state index is -5.18. The van der Waals surface area contributed by atoms with E-state index in [1.807, 2.05) is 0 Å². The van der Waals surface area contributed by atoms with Gasteiger partial charge >= 0.3 is 24.2 Å². The fraction of sp³-hybridized carbons (Fsp3) is 0.286. The van der Waals surface area contributed by atoms with Crippen molar-refractivity contribution in [2.75, 3.05) is 12.1 Å². The van der Waals surface area contributed by atoms with Crippen molar-refractivity contribution in [3.63, 3.8) is 0 Å².